The van der Waals surface area contributed by atoms with Gasteiger partial charge in [0, 0.05) is 12.0 Å². The summed E-state index contributed by atoms with van der Waals surface area (Å²) in [5.41, 5.74) is -0.108. The van der Waals surface area contributed by atoms with Gasteiger partial charge in [-0.25, -0.2) is 4.39 Å². The van der Waals surface area contributed by atoms with Gasteiger partial charge in [0.15, 0.2) is 0 Å². The number of benzene rings is 1. The van der Waals surface area contributed by atoms with Crippen molar-refractivity contribution in [2.75, 3.05) is 5.32 Å². The number of hydrogen-bond acceptors (Lipinski definition) is 3. The van der Waals surface area contributed by atoms with Gasteiger partial charge in [0.05, 0.1) is 5.69 Å². The zero-order valence-corrected chi connectivity index (χ0v) is 12.5. The van der Waals surface area contributed by atoms with E-state index in [1.807, 2.05) is 12.1 Å². The molecule has 1 fully saturated rings. The highest BCUT2D eigenvalue weighted by atomic mass is 19.1. The molecular formula is C18H15FN2O2. The summed E-state index contributed by atoms with van der Waals surface area (Å²) in [5.74, 6) is 1.12. The van der Waals surface area contributed by atoms with Crippen LogP contribution in [0.3, 0.4) is 0 Å². The molecule has 0 saturated heterocycles. The van der Waals surface area contributed by atoms with Crippen LogP contribution in [0.4, 0.5) is 10.1 Å². The lowest BCUT2D eigenvalue weighted by atomic mass is 10.2. The lowest BCUT2D eigenvalue weighted by Crippen LogP contribution is -2.14. The van der Waals surface area contributed by atoms with E-state index in [1.165, 1.54) is 24.3 Å². The van der Waals surface area contributed by atoms with Gasteiger partial charge in [0.2, 0.25) is 0 Å². The van der Waals surface area contributed by atoms with Crippen LogP contribution in [0, 0.1) is 23.1 Å². The summed E-state index contributed by atoms with van der Waals surface area (Å²) in [4.78, 5) is 12.1. The van der Waals surface area contributed by atoms with Crippen molar-refractivity contribution in [3.8, 4) is 6.07 Å². The van der Waals surface area contributed by atoms with Gasteiger partial charge in [-0.05, 0) is 36.6 Å². The van der Waals surface area contributed by atoms with E-state index in [4.69, 9.17) is 9.68 Å². The van der Waals surface area contributed by atoms with Gasteiger partial charge in [-0.15, -0.1) is 0 Å². The fourth-order valence-corrected chi connectivity index (χ4v) is 2.41. The lowest BCUT2D eigenvalue weighted by molar-refractivity contribution is -0.112. The molecule has 0 aliphatic heterocycles. The molecule has 0 unspecified atom stereocenters. The van der Waals surface area contributed by atoms with Gasteiger partial charge in [-0.2, -0.15) is 5.26 Å². The highest BCUT2D eigenvalue weighted by Gasteiger charge is 2.36. The average molecular weight is 310 g/mol. The fourth-order valence-electron chi connectivity index (χ4n) is 2.41. The van der Waals surface area contributed by atoms with Crippen molar-refractivity contribution in [2.24, 2.45) is 5.92 Å². The fraction of sp³-hybridized carbons (Fsp3) is 0.222. The number of nitrogens with zero attached hydrogens (tertiary/aromatic N) is 1. The van der Waals surface area contributed by atoms with Crippen molar-refractivity contribution in [1.82, 2.24) is 0 Å². The predicted molar refractivity (Wildman–Crippen MR) is 83.8 cm³/mol. The summed E-state index contributed by atoms with van der Waals surface area (Å²) < 4.78 is 19.2. The van der Waals surface area contributed by atoms with Crippen molar-refractivity contribution in [2.45, 2.75) is 19.3 Å². The summed E-state index contributed by atoms with van der Waals surface area (Å²) in [5, 5.41) is 11.5. The van der Waals surface area contributed by atoms with E-state index in [0.717, 1.165) is 12.2 Å². The second-order valence-corrected chi connectivity index (χ2v) is 5.66. The topological polar surface area (TPSA) is 66.0 Å². The Labute approximate surface area is 133 Å². The van der Waals surface area contributed by atoms with Crippen LogP contribution >= 0.6 is 0 Å². The van der Waals surface area contributed by atoms with Crippen LogP contribution in [0.1, 0.15) is 30.8 Å². The van der Waals surface area contributed by atoms with E-state index >= 15 is 0 Å². The molecule has 1 aromatic carbocycles. The molecule has 1 saturated carbocycles. The zero-order valence-electron chi connectivity index (χ0n) is 12.5. The summed E-state index contributed by atoms with van der Waals surface area (Å²) in [6.45, 7) is 2.14. The molecule has 1 aromatic heterocycles. The van der Waals surface area contributed by atoms with Crippen LogP contribution in [0.2, 0.25) is 0 Å². The van der Waals surface area contributed by atoms with Crippen molar-refractivity contribution in [3.05, 3.63) is 59.3 Å². The minimum absolute atomic E-state index is 0.0330. The van der Waals surface area contributed by atoms with Gasteiger partial charge in [-0.3, -0.25) is 4.79 Å². The number of nitriles is 1. The van der Waals surface area contributed by atoms with Crippen molar-refractivity contribution in [3.63, 3.8) is 0 Å². The Morgan fingerprint density at radius 1 is 1.39 bits per heavy atom. The Morgan fingerprint density at radius 3 is 2.78 bits per heavy atom. The molecule has 1 aliphatic rings. The molecule has 3 rings (SSSR count). The standard InChI is InChI=1S/C18H15FN2O2/c1-11-8-14(11)17-7-6-13(23-17)9-12(10-20)18(22)21-16-5-3-2-4-15(16)19/h2-7,9,11,14H,8H2,1H3,(H,21,22)/b12-9+/t11-,14+/m1/s1. The Morgan fingerprint density at radius 2 is 2.13 bits per heavy atom. The van der Waals surface area contributed by atoms with Gasteiger partial charge in [-0.1, -0.05) is 19.1 Å². The van der Waals surface area contributed by atoms with Crippen LogP contribution in [0.5, 0.6) is 0 Å². The number of hydrogen-bond donors (Lipinski definition) is 1. The highest BCUT2D eigenvalue weighted by molar-refractivity contribution is 6.09. The first-order valence-corrected chi connectivity index (χ1v) is 7.36. The molecule has 1 amide bonds. The molecule has 2 aromatic rings. The van der Waals surface area contributed by atoms with Gasteiger partial charge in [0.1, 0.15) is 29.0 Å². The van der Waals surface area contributed by atoms with Crippen molar-refractivity contribution >= 4 is 17.7 Å². The van der Waals surface area contributed by atoms with E-state index < -0.39 is 11.7 Å². The number of rotatable bonds is 4. The molecule has 0 radical (unpaired) electrons. The highest BCUT2D eigenvalue weighted by Crippen LogP contribution is 2.47. The van der Waals surface area contributed by atoms with Crippen LogP contribution in [-0.2, 0) is 4.79 Å². The molecule has 0 bridgehead atoms. The van der Waals surface area contributed by atoms with E-state index in [2.05, 4.69) is 12.2 Å². The van der Waals surface area contributed by atoms with Crippen LogP contribution < -0.4 is 5.32 Å². The first-order chi connectivity index (χ1) is 11.1. The summed E-state index contributed by atoms with van der Waals surface area (Å²) in [6.07, 6.45) is 2.46. The first-order valence-electron chi connectivity index (χ1n) is 7.36. The maximum Gasteiger partial charge on any atom is 0.266 e. The number of amides is 1. The lowest BCUT2D eigenvalue weighted by Gasteiger charge is -2.04. The average Bonchev–Trinajstić information content (AvgIpc) is 3.09. The van der Waals surface area contributed by atoms with Crippen LogP contribution in [0.25, 0.3) is 6.08 Å². The van der Waals surface area contributed by atoms with Gasteiger partial charge in [0.25, 0.3) is 5.91 Å². The number of para-hydroxylation sites is 1. The van der Waals surface area contributed by atoms with E-state index in [-0.39, 0.29) is 11.3 Å². The number of nitrogens with one attached hydrogen (secondary N) is 1. The van der Waals surface area contributed by atoms with E-state index in [0.29, 0.717) is 17.6 Å². The Hall–Kier alpha value is -2.87. The third-order valence-corrected chi connectivity index (χ3v) is 3.90. The van der Waals surface area contributed by atoms with E-state index in [9.17, 15) is 9.18 Å². The zero-order chi connectivity index (χ0) is 16.4. The van der Waals surface area contributed by atoms with Gasteiger partial charge >= 0.3 is 0 Å². The Kier molecular flexibility index (Phi) is 3.98. The van der Waals surface area contributed by atoms with Gasteiger partial charge < -0.3 is 9.73 Å². The minimum Gasteiger partial charge on any atom is -0.461 e. The first kappa shape index (κ1) is 15.0. The SMILES string of the molecule is C[C@@H]1C[C@@H]1c1ccc(/C=C(\C#N)C(=O)Nc2ccccc2F)o1. The van der Waals surface area contributed by atoms with Crippen molar-refractivity contribution < 1.29 is 13.6 Å². The minimum atomic E-state index is -0.671. The van der Waals surface area contributed by atoms with Crippen LogP contribution in [0.15, 0.2) is 46.4 Å². The third kappa shape index (κ3) is 3.32. The van der Waals surface area contributed by atoms with Crippen LogP contribution in [-0.4, -0.2) is 5.91 Å². The number of carbonyl (C=O) groups excluding carboxylic acids is 1. The molecule has 5 heteroatoms. The molecule has 116 valence electrons. The number of halogens is 1. The molecule has 2 atom stereocenters. The summed E-state index contributed by atoms with van der Waals surface area (Å²) in [6, 6.07) is 11.2. The second kappa shape index (κ2) is 6.09. The number of anilines is 1. The third-order valence-electron chi connectivity index (χ3n) is 3.90. The number of carbonyl (C=O) groups is 1. The number of furan rings is 1. The molecule has 0 spiro atoms. The monoisotopic (exact) mass is 310 g/mol. The maximum atomic E-state index is 13.5. The quantitative estimate of drug-likeness (QED) is 0.683. The smallest absolute Gasteiger partial charge is 0.266 e. The summed E-state index contributed by atoms with van der Waals surface area (Å²) in [7, 11) is 0. The Bertz CT molecular complexity index is 816. The largest absolute Gasteiger partial charge is 0.461 e. The Balaban J connectivity index is 1.76. The molecule has 1 N–H and O–H groups in total. The maximum absolute atomic E-state index is 13.5. The summed E-state index contributed by atoms with van der Waals surface area (Å²) >= 11 is 0. The molecule has 4 nitrogen and oxygen atoms in total. The molecule has 1 aliphatic carbocycles. The molecular weight excluding hydrogens is 295 g/mol. The normalized spacial score (nSPS) is 20.0. The predicted octanol–water partition coefficient (Wildman–Crippen LogP) is 4.09. The molecule has 1 heterocycles. The molecule has 23 heavy (non-hydrogen) atoms. The second-order valence-electron chi connectivity index (χ2n) is 5.66. The van der Waals surface area contributed by atoms with E-state index in [1.54, 1.807) is 12.1 Å². The van der Waals surface area contributed by atoms with Crippen molar-refractivity contribution in [1.29, 1.82) is 5.26 Å².